The molecule has 0 aromatic carbocycles. The van der Waals surface area contributed by atoms with Crippen molar-refractivity contribution in [2.24, 2.45) is 29.6 Å². The van der Waals surface area contributed by atoms with E-state index in [1.807, 2.05) is 34.6 Å². The number of nitrogens with zero attached hydrogens (tertiary/aromatic N) is 1. The number of hydrogen-bond donors (Lipinski definition) is 0. The van der Waals surface area contributed by atoms with Crippen molar-refractivity contribution in [2.45, 2.75) is 117 Å². The Kier molecular flexibility index (Phi) is 9.90. The van der Waals surface area contributed by atoms with Crippen LogP contribution in [0.3, 0.4) is 0 Å². The molecule has 2 heterocycles. The second-order valence-electron chi connectivity index (χ2n) is 12.5. The van der Waals surface area contributed by atoms with Crippen molar-refractivity contribution in [3.05, 3.63) is 0 Å². The summed E-state index contributed by atoms with van der Waals surface area (Å²) in [6.45, 7) is 15.4. The van der Waals surface area contributed by atoms with E-state index in [0.29, 0.717) is 38.5 Å². The SMILES string of the molecule is CC[C@H]1OC(=O)[C@H](C)C(=O)[C@H](C)[C@@H](C)[C@](C)(OC)C[C@@H](C)C(=O)[C@H](C)[C@H]2N(CCCOC3CC3)C(=O)O[C@]12C. The quantitative estimate of drug-likeness (QED) is 0.257. The number of rotatable bonds is 7. The Hall–Kier alpha value is -2.00. The van der Waals surface area contributed by atoms with Crippen molar-refractivity contribution >= 4 is 23.6 Å². The molecule has 39 heavy (non-hydrogen) atoms. The lowest BCUT2D eigenvalue weighted by Gasteiger charge is -2.43. The van der Waals surface area contributed by atoms with Gasteiger partial charge in [-0.1, -0.05) is 34.6 Å². The van der Waals surface area contributed by atoms with Gasteiger partial charge in [-0.15, -0.1) is 0 Å². The molecule has 2 aliphatic heterocycles. The molecule has 0 spiro atoms. The van der Waals surface area contributed by atoms with Crippen molar-refractivity contribution in [1.82, 2.24) is 4.90 Å². The number of hydrogen-bond acceptors (Lipinski definition) is 8. The molecule has 0 bridgehead atoms. The third-order valence-corrected chi connectivity index (χ3v) is 9.68. The number of fused-ring (bicyclic) bond motifs is 1. The molecule has 2 saturated heterocycles. The van der Waals surface area contributed by atoms with Gasteiger partial charge >= 0.3 is 12.1 Å². The van der Waals surface area contributed by atoms with Crippen LogP contribution in [0.1, 0.15) is 87.5 Å². The van der Waals surface area contributed by atoms with E-state index in [-0.39, 0.29) is 17.5 Å². The molecule has 3 aliphatic rings. The lowest BCUT2D eigenvalue weighted by atomic mass is 9.70. The van der Waals surface area contributed by atoms with Gasteiger partial charge in [-0.2, -0.15) is 0 Å². The van der Waals surface area contributed by atoms with Gasteiger partial charge < -0.3 is 23.8 Å². The molecule has 1 aliphatic carbocycles. The van der Waals surface area contributed by atoms with Gasteiger partial charge in [0.1, 0.15) is 23.6 Å². The molecule has 0 N–H and O–H groups in total. The topological polar surface area (TPSA) is 108 Å². The highest BCUT2D eigenvalue weighted by atomic mass is 16.6. The smallest absolute Gasteiger partial charge is 0.410 e. The molecule has 9 heteroatoms. The van der Waals surface area contributed by atoms with Crippen LogP contribution >= 0.6 is 0 Å². The number of carbonyl (C=O) groups excluding carboxylic acids is 4. The molecule has 3 fully saturated rings. The van der Waals surface area contributed by atoms with Crippen LogP contribution in [0.25, 0.3) is 0 Å². The Balaban J connectivity index is 2.02. The van der Waals surface area contributed by atoms with Gasteiger partial charge in [0.2, 0.25) is 0 Å². The Labute approximate surface area is 233 Å². The maximum Gasteiger partial charge on any atom is 0.410 e. The highest BCUT2D eigenvalue weighted by Gasteiger charge is 2.60. The van der Waals surface area contributed by atoms with Crippen molar-refractivity contribution in [1.29, 1.82) is 0 Å². The number of methoxy groups -OCH3 is 1. The summed E-state index contributed by atoms with van der Waals surface area (Å²) in [7, 11) is 1.59. The molecular weight excluding hydrogens is 502 g/mol. The fourth-order valence-electron chi connectivity index (χ4n) is 6.60. The van der Waals surface area contributed by atoms with E-state index in [2.05, 4.69) is 0 Å². The summed E-state index contributed by atoms with van der Waals surface area (Å²) in [6.07, 6.45) is 2.44. The number of Topliss-reactive ketones (excluding diaryl/α,β-unsaturated/α-hetero) is 2. The monoisotopic (exact) mass is 551 g/mol. The molecule has 1 saturated carbocycles. The number of esters is 1. The summed E-state index contributed by atoms with van der Waals surface area (Å²) in [5.41, 5.74) is -2.06. The van der Waals surface area contributed by atoms with Crippen LogP contribution in [0.4, 0.5) is 4.79 Å². The van der Waals surface area contributed by atoms with Crippen LogP contribution in [0.2, 0.25) is 0 Å². The van der Waals surface area contributed by atoms with Gasteiger partial charge in [-0.3, -0.25) is 14.4 Å². The zero-order valence-corrected chi connectivity index (χ0v) is 25.3. The largest absolute Gasteiger partial charge is 0.458 e. The standard InChI is InChI=1S/C30H49NO8/c1-10-23-30(8)26(31(28(35)39-30)14-11-15-37-22-12-13-22)19(4)24(32)17(2)16-29(7,36-9)21(6)18(3)25(33)20(5)27(34)38-23/h17-23,26H,10-16H2,1-9H3/t17-,18-,19+,20-,21-,23-,26-,29-,30-/m1/s1. The van der Waals surface area contributed by atoms with Crippen molar-refractivity contribution in [3.63, 3.8) is 0 Å². The van der Waals surface area contributed by atoms with Crippen LogP contribution in [0.15, 0.2) is 0 Å². The lowest BCUT2D eigenvalue weighted by molar-refractivity contribution is -0.172. The van der Waals surface area contributed by atoms with Crippen LogP contribution in [-0.2, 0) is 33.3 Å². The van der Waals surface area contributed by atoms with E-state index in [0.717, 1.165) is 12.8 Å². The number of cyclic esters (lactones) is 1. The first-order valence-electron chi connectivity index (χ1n) is 14.7. The molecular formula is C30H49NO8. The van der Waals surface area contributed by atoms with E-state index in [4.69, 9.17) is 18.9 Å². The molecule has 0 unspecified atom stereocenters. The maximum atomic E-state index is 14.0. The summed E-state index contributed by atoms with van der Waals surface area (Å²) in [5.74, 6) is -3.66. The van der Waals surface area contributed by atoms with Gasteiger partial charge in [0, 0.05) is 38.0 Å². The summed E-state index contributed by atoms with van der Waals surface area (Å²) >= 11 is 0. The van der Waals surface area contributed by atoms with Gasteiger partial charge in [0.15, 0.2) is 5.60 Å². The molecule has 3 rings (SSSR count). The van der Waals surface area contributed by atoms with Crippen LogP contribution in [0, 0.1) is 29.6 Å². The molecule has 0 radical (unpaired) electrons. The fourth-order valence-corrected chi connectivity index (χ4v) is 6.60. The van der Waals surface area contributed by atoms with Gasteiger partial charge in [0.05, 0.1) is 17.7 Å². The minimum Gasteiger partial charge on any atom is -0.458 e. The normalized spacial score (nSPS) is 40.6. The lowest BCUT2D eigenvalue weighted by Crippen LogP contribution is -2.58. The van der Waals surface area contributed by atoms with E-state index in [1.54, 1.807) is 32.8 Å². The zero-order valence-electron chi connectivity index (χ0n) is 25.3. The molecule has 222 valence electrons. The third kappa shape index (κ3) is 6.34. The van der Waals surface area contributed by atoms with Crippen LogP contribution < -0.4 is 0 Å². The minimum atomic E-state index is -1.27. The fraction of sp³-hybridized carbons (Fsp3) is 0.867. The van der Waals surface area contributed by atoms with Crippen molar-refractivity contribution in [3.8, 4) is 0 Å². The number of ether oxygens (including phenoxy) is 4. The van der Waals surface area contributed by atoms with Gasteiger partial charge in [0.25, 0.3) is 0 Å². The second-order valence-corrected chi connectivity index (χ2v) is 12.5. The first-order valence-corrected chi connectivity index (χ1v) is 14.7. The summed E-state index contributed by atoms with van der Waals surface area (Å²) < 4.78 is 23.7. The average Bonchev–Trinajstić information content (AvgIpc) is 3.69. The molecule has 9 nitrogen and oxygen atoms in total. The van der Waals surface area contributed by atoms with E-state index >= 15 is 0 Å². The van der Waals surface area contributed by atoms with Crippen molar-refractivity contribution < 1.29 is 38.1 Å². The third-order valence-electron chi connectivity index (χ3n) is 9.68. The zero-order chi connectivity index (χ0) is 29.3. The molecule has 9 atom stereocenters. The first-order chi connectivity index (χ1) is 18.2. The van der Waals surface area contributed by atoms with E-state index in [1.165, 1.54) is 0 Å². The van der Waals surface area contributed by atoms with E-state index in [9.17, 15) is 19.2 Å². The summed E-state index contributed by atoms with van der Waals surface area (Å²) in [6, 6.07) is -0.655. The number of carbonyl (C=O) groups is 4. The second kappa shape index (κ2) is 12.2. The average molecular weight is 552 g/mol. The summed E-state index contributed by atoms with van der Waals surface area (Å²) in [4.78, 5) is 55.6. The Bertz CT molecular complexity index is 934. The van der Waals surface area contributed by atoms with Crippen LogP contribution in [-0.4, -0.2) is 78.2 Å². The number of ketones is 2. The van der Waals surface area contributed by atoms with Crippen molar-refractivity contribution in [2.75, 3.05) is 20.3 Å². The highest BCUT2D eigenvalue weighted by molar-refractivity contribution is 6.00. The molecule has 0 aromatic rings. The van der Waals surface area contributed by atoms with Gasteiger partial charge in [-0.25, -0.2) is 4.79 Å². The Morgan fingerprint density at radius 2 is 1.62 bits per heavy atom. The molecule has 0 aromatic heterocycles. The van der Waals surface area contributed by atoms with Gasteiger partial charge in [-0.05, 0) is 58.8 Å². The highest BCUT2D eigenvalue weighted by Crippen LogP contribution is 2.43. The minimum absolute atomic E-state index is 0.0233. The number of amides is 1. The first kappa shape index (κ1) is 31.5. The maximum absolute atomic E-state index is 14.0. The Morgan fingerprint density at radius 1 is 0.974 bits per heavy atom. The van der Waals surface area contributed by atoms with E-state index < -0.39 is 59.1 Å². The predicted molar refractivity (Wildman–Crippen MR) is 145 cm³/mol. The van der Waals surface area contributed by atoms with Crippen LogP contribution in [0.5, 0.6) is 0 Å². The Morgan fingerprint density at radius 3 is 2.18 bits per heavy atom. The predicted octanol–water partition coefficient (Wildman–Crippen LogP) is 4.58. The molecule has 1 amide bonds. The summed E-state index contributed by atoms with van der Waals surface area (Å²) in [5, 5.41) is 0.